The number of hydrogen-bond donors (Lipinski definition) is 0. The summed E-state index contributed by atoms with van der Waals surface area (Å²) in [4.78, 5) is 41.8. The Kier molecular flexibility index (Phi) is 31.8. The van der Waals surface area contributed by atoms with Crippen molar-refractivity contribution in [3.05, 3.63) is 24.3 Å². The molecule has 4 rings (SSSR count). The van der Waals surface area contributed by atoms with Gasteiger partial charge in [0.15, 0.2) is 0 Å². The van der Waals surface area contributed by atoms with Crippen LogP contribution in [0.1, 0.15) is 254 Å². The number of ether oxygens (including phenoxy) is 3. The molecule has 4 bridgehead atoms. The number of unbranched alkanes of at least 4 members (excludes halogenated alkanes) is 12. The molecule has 4 saturated carbocycles. The van der Waals surface area contributed by atoms with Crippen molar-refractivity contribution in [2.24, 2.45) is 34.0 Å². The lowest BCUT2D eigenvalue weighted by molar-refractivity contribution is -0.211. The van der Waals surface area contributed by atoms with Gasteiger partial charge in [-0.2, -0.15) is 0 Å². The minimum atomic E-state index is -0.263. The molecule has 0 spiro atoms. The Morgan fingerprint density at radius 1 is 0.523 bits per heavy atom. The van der Waals surface area contributed by atoms with Crippen LogP contribution < -0.4 is 0 Å². The van der Waals surface area contributed by atoms with Gasteiger partial charge in [-0.05, 0) is 108 Å². The molecule has 7 heteroatoms. The summed E-state index contributed by atoms with van der Waals surface area (Å²) >= 11 is 0. The van der Waals surface area contributed by atoms with Gasteiger partial charge in [-0.3, -0.25) is 4.79 Å². The number of carbonyl (C=O) groups excluding carboxylic acids is 3. The Morgan fingerprint density at radius 2 is 0.954 bits per heavy atom. The van der Waals surface area contributed by atoms with Gasteiger partial charge in [0.1, 0.15) is 0 Å². The number of hydrogen-bond acceptors (Lipinski definition) is 7. The molecule has 6 atom stereocenters. The molecule has 65 heavy (non-hydrogen) atoms. The summed E-state index contributed by atoms with van der Waals surface area (Å²) in [6.07, 6.45) is 43.2. The molecular formula is C58H105NO6. The highest BCUT2D eigenvalue weighted by Gasteiger charge is 2.64. The van der Waals surface area contributed by atoms with E-state index in [0.29, 0.717) is 38.1 Å². The smallest absolute Gasteiger partial charge is 0.330 e. The highest BCUT2D eigenvalue weighted by Crippen LogP contribution is 2.70. The molecular weight excluding hydrogens is 807 g/mol. The lowest BCUT2D eigenvalue weighted by Crippen LogP contribution is -2.61. The van der Waals surface area contributed by atoms with Crippen LogP contribution in [0.15, 0.2) is 24.3 Å². The summed E-state index contributed by atoms with van der Waals surface area (Å²) in [5, 5.41) is 0. The van der Waals surface area contributed by atoms with Crippen molar-refractivity contribution in [1.82, 2.24) is 4.90 Å². The molecule has 7 nitrogen and oxygen atoms in total. The first kappa shape index (κ1) is 59.0. The van der Waals surface area contributed by atoms with Crippen molar-refractivity contribution >= 4 is 17.9 Å². The summed E-state index contributed by atoms with van der Waals surface area (Å²) in [5.41, 5.74) is -0.584. The van der Waals surface area contributed by atoms with Crippen LogP contribution in [0.4, 0.5) is 0 Å². The minimum Gasteiger partial charge on any atom is -0.465 e. The molecule has 0 amide bonds. The van der Waals surface area contributed by atoms with Crippen LogP contribution in [0.25, 0.3) is 0 Å². The van der Waals surface area contributed by atoms with Crippen LogP contribution in [-0.2, 0) is 28.6 Å². The summed E-state index contributed by atoms with van der Waals surface area (Å²) in [6.45, 7) is 21.9. The standard InChI is InChI=1S/C53H93NO6.C5H12/c1-7-12-15-17-20-27-45(6)28-22-24-32-48(55)58-42-51-36-47-37-52(39-51,41-53(38-47,40-51)44-60-50(57)34-26-35-54(10-4)11-5)43-59-49(56)33-25-23-31-46(29-19-14-9-3)30-21-18-16-13-8-2;1-3-5-4-2/h24-25,32-33,45-47H,7-23,26-31,34-44H2,1-6H3;3-5H2,1-2H3/b32-24+,33-25+;. The molecule has 4 fully saturated rings. The lowest BCUT2D eigenvalue weighted by atomic mass is 9.40. The molecule has 378 valence electrons. The largest absolute Gasteiger partial charge is 0.465 e. The van der Waals surface area contributed by atoms with Crippen LogP contribution in [0.2, 0.25) is 0 Å². The second kappa shape index (κ2) is 35.0. The van der Waals surface area contributed by atoms with Gasteiger partial charge < -0.3 is 19.1 Å². The zero-order valence-electron chi connectivity index (χ0n) is 44.1. The van der Waals surface area contributed by atoms with Crippen LogP contribution in [0.3, 0.4) is 0 Å². The maximum Gasteiger partial charge on any atom is 0.330 e. The predicted octanol–water partition coefficient (Wildman–Crippen LogP) is 16.1. The minimum absolute atomic E-state index is 0.121. The molecule has 6 unspecified atom stereocenters. The van der Waals surface area contributed by atoms with Crippen molar-refractivity contribution < 1.29 is 28.6 Å². The van der Waals surface area contributed by atoms with E-state index in [1.165, 1.54) is 122 Å². The topological polar surface area (TPSA) is 82.1 Å². The average Bonchev–Trinajstić information content (AvgIpc) is 3.28. The number of allylic oxidation sites excluding steroid dienone is 2. The Balaban J connectivity index is 0.00000274. The molecule has 0 aromatic rings. The van der Waals surface area contributed by atoms with Crippen molar-refractivity contribution in [3.8, 4) is 0 Å². The second-order valence-electron chi connectivity index (χ2n) is 21.7. The van der Waals surface area contributed by atoms with Gasteiger partial charge >= 0.3 is 17.9 Å². The maximum atomic E-state index is 13.2. The van der Waals surface area contributed by atoms with Gasteiger partial charge in [-0.15, -0.1) is 0 Å². The van der Waals surface area contributed by atoms with Crippen molar-refractivity contribution in [2.45, 2.75) is 254 Å². The van der Waals surface area contributed by atoms with E-state index < -0.39 is 0 Å². The van der Waals surface area contributed by atoms with E-state index in [1.54, 1.807) is 12.2 Å². The van der Waals surface area contributed by atoms with E-state index in [4.69, 9.17) is 14.2 Å². The average molecular weight is 912 g/mol. The normalized spacial score (nSPS) is 23.2. The van der Waals surface area contributed by atoms with Crippen molar-refractivity contribution in [1.29, 1.82) is 0 Å². The van der Waals surface area contributed by atoms with Gasteiger partial charge in [-0.25, -0.2) is 9.59 Å². The third kappa shape index (κ3) is 25.2. The van der Waals surface area contributed by atoms with Crippen LogP contribution in [-0.4, -0.2) is 62.3 Å². The first-order valence-electron chi connectivity index (χ1n) is 28.0. The maximum absolute atomic E-state index is 13.2. The zero-order chi connectivity index (χ0) is 47.7. The van der Waals surface area contributed by atoms with E-state index in [2.05, 4.69) is 60.3 Å². The third-order valence-corrected chi connectivity index (χ3v) is 15.3. The highest BCUT2D eigenvalue weighted by molar-refractivity contribution is 5.82. The Labute approximate surface area is 402 Å². The number of nitrogens with zero attached hydrogens (tertiary/aromatic N) is 1. The van der Waals surface area contributed by atoms with Gasteiger partial charge in [0, 0.05) is 34.8 Å². The summed E-state index contributed by atoms with van der Waals surface area (Å²) in [7, 11) is 0. The van der Waals surface area contributed by atoms with Crippen LogP contribution in [0.5, 0.6) is 0 Å². The van der Waals surface area contributed by atoms with E-state index >= 15 is 0 Å². The Bertz CT molecular complexity index is 1310. The monoisotopic (exact) mass is 912 g/mol. The molecule has 0 aliphatic heterocycles. The molecule has 0 aromatic heterocycles. The third-order valence-electron chi connectivity index (χ3n) is 15.3. The van der Waals surface area contributed by atoms with Crippen LogP contribution >= 0.6 is 0 Å². The fourth-order valence-corrected chi connectivity index (χ4v) is 12.2. The second-order valence-corrected chi connectivity index (χ2v) is 21.7. The fourth-order valence-electron chi connectivity index (χ4n) is 12.2. The molecule has 0 N–H and O–H groups in total. The van der Waals surface area contributed by atoms with Crippen molar-refractivity contribution in [3.63, 3.8) is 0 Å². The van der Waals surface area contributed by atoms with E-state index in [0.717, 1.165) is 96.2 Å². The highest BCUT2D eigenvalue weighted by atomic mass is 16.5. The SMILES string of the molecule is CCCCC.CCCCCCCC(C)CC/C=C/C(=O)OCC12CC3CC(COC(=O)/C=C/CCC(CCCCC)CCCCCCC)(C1)CC(COC(=O)CCCN(CC)CC)(C3)C2. The molecule has 4 aliphatic carbocycles. The molecule has 4 aliphatic rings. The summed E-state index contributed by atoms with van der Waals surface area (Å²) < 4.78 is 18.3. The van der Waals surface area contributed by atoms with Crippen molar-refractivity contribution in [2.75, 3.05) is 39.5 Å². The van der Waals surface area contributed by atoms with E-state index in [9.17, 15) is 14.4 Å². The van der Waals surface area contributed by atoms with Gasteiger partial charge in [0.05, 0.1) is 19.8 Å². The lowest BCUT2D eigenvalue weighted by Gasteiger charge is -2.66. The molecule has 0 heterocycles. The predicted molar refractivity (Wildman–Crippen MR) is 274 cm³/mol. The number of esters is 3. The first-order chi connectivity index (χ1) is 31.4. The molecule has 0 aromatic carbocycles. The summed E-state index contributed by atoms with van der Waals surface area (Å²) in [6, 6.07) is 0. The van der Waals surface area contributed by atoms with Gasteiger partial charge in [0.2, 0.25) is 0 Å². The van der Waals surface area contributed by atoms with Gasteiger partial charge in [-0.1, -0.05) is 190 Å². The number of carbonyl (C=O) groups is 3. The van der Waals surface area contributed by atoms with Gasteiger partial charge in [0.25, 0.3) is 0 Å². The molecule has 0 radical (unpaired) electrons. The molecule has 0 saturated heterocycles. The first-order valence-corrected chi connectivity index (χ1v) is 28.0. The Hall–Kier alpha value is -2.15. The number of rotatable bonds is 38. The Morgan fingerprint density at radius 3 is 1.43 bits per heavy atom. The zero-order valence-corrected chi connectivity index (χ0v) is 44.1. The fraction of sp³-hybridized carbons (Fsp3) is 0.879. The summed E-state index contributed by atoms with van der Waals surface area (Å²) in [5.74, 6) is 1.19. The van der Waals surface area contributed by atoms with E-state index in [1.807, 2.05) is 12.2 Å². The van der Waals surface area contributed by atoms with E-state index in [-0.39, 0.29) is 34.2 Å². The van der Waals surface area contributed by atoms with Crippen LogP contribution in [0, 0.1) is 34.0 Å². The quantitative estimate of drug-likeness (QED) is 0.0264.